The summed E-state index contributed by atoms with van der Waals surface area (Å²) < 4.78 is 5.11. The fraction of sp³-hybridized carbons (Fsp3) is 0.200. The van der Waals surface area contributed by atoms with Crippen LogP contribution in [0.2, 0.25) is 0 Å². The van der Waals surface area contributed by atoms with Crippen LogP contribution < -0.4 is 15.8 Å². The molecule has 1 aromatic heterocycles. The number of hydrogen-bond acceptors (Lipinski definition) is 5. The zero-order valence-electron chi connectivity index (χ0n) is 11.8. The van der Waals surface area contributed by atoms with Gasteiger partial charge in [0.15, 0.2) is 0 Å². The van der Waals surface area contributed by atoms with E-state index in [2.05, 4.69) is 10.3 Å². The number of ether oxygens (including phenoxy) is 1. The number of hydrogen-bond donors (Lipinski definition) is 3. The molecular weight excluding hydrogens is 270 g/mol. The molecule has 0 fully saturated rings. The number of carboxylic acid groups (broad SMARTS) is 1. The average molecular weight is 287 g/mol. The molecule has 0 aliphatic heterocycles. The number of nitrogens with zero attached hydrogens (tertiary/aromatic N) is 1. The largest absolute Gasteiger partial charge is 0.497 e. The maximum Gasteiger partial charge on any atom is 0.339 e. The van der Waals surface area contributed by atoms with Crippen molar-refractivity contribution in [2.45, 2.75) is 13.0 Å². The predicted octanol–water partition coefficient (Wildman–Crippen LogP) is 2.54. The molecular formula is C15H17N3O3. The lowest BCUT2D eigenvalue weighted by molar-refractivity contribution is 0.0697. The van der Waals surface area contributed by atoms with E-state index >= 15 is 0 Å². The van der Waals surface area contributed by atoms with Gasteiger partial charge in [-0.05, 0) is 30.7 Å². The molecule has 6 heteroatoms. The van der Waals surface area contributed by atoms with Crippen molar-refractivity contribution in [3.05, 3.63) is 47.7 Å². The lowest BCUT2D eigenvalue weighted by Crippen LogP contribution is -2.12. The van der Waals surface area contributed by atoms with Crippen LogP contribution in [0.4, 0.5) is 11.5 Å². The first-order chi connectivity index (χ1) is 10.0. The fourth-order valence-electron chi connectivity index (χ4n) is 1.94. The highest BCUT2D eigenvalue weighted by Gasteiger charge is 2.15. The van der Waals surface area contributed by atoms with Crippen LogP contribution in [0.25, 0.3) is 0 Å². The van der Waals surface area contributed by atoms with E-state index in [1.165, 1.54) is 12.3 Å². The summed E-state index contributed by atoms with van der Waals surface area (Å²) in [6, 6.07) is 8.80. The second-order valence-electron chi connectivity index (χ2n) is 4.61. The van der Waals surface area contributed by atoms with Crippen LogP contribution in [0.5, 0.6) is 5.75 Å². The van der Waals surface area contributed by atoms with Crippen molar-refractivity contribution in [3.63, 3.8) is 0 Å². The van der Waals surface area contributed by atoms with Crippen LogP contribution in [0.1, 0.15) is 28.9 Å². The third-order valence-corrected chi connectivity index (χ3v) is 3.11. The smallest absolute Gasteiger partial charge is 0.339 e. The zero-order chi connectivity index (χ0) is 15.4. The van der Waals surface area contributed by atoms with Crippen molar-refractivity contribution in [2.24, 2.45) is 0 Å². The standard InChI is InChI=1S/C15H17N3O3/c1-9(10-3-5-12(21-2)6-4-10)18-14-13(15(19)20)7-11(16)8-17-14/h3-9H,16H2,1-2H3,(H,17,18)(H,19,20). The van der Waals surface area contributed by atoms with Gasteiger partial charge >= 0.3 is 5.97 Å². The van der Waals surface area contributed by atoms with E-state index in [9.17, 15) is 9.90 Å². The van der Waals surface area contributed by atoms with E-state index in [-0.39, 0.29) is 11.6 Å². The Morgan fingerprint density at radius 2 is 2.05 bits per heavy atom. The summed E-state index contributed by atoms with van der Waals surface area (Å²) in [5, 5.41) is 12.3. The molecule has 6 nitrogen and oxygen atoms in total. The molecule has 1 unspecified atom stereocenters. The molecule has 1 atom stereocenters. The van der Waals surface area contributed by atoms with Gasteiger partial charge in [0, 0.05) is 6.04 Å². The second kappa shape index (κ2) is 6.13. The normalized spacial score (nSPS) is 11.7. The van der Waals surface area contributed by atoms with Crippen molar-refractivity contribution in [2.75, 3.05) is 18.2 Å². The van der Waals surface area contributed by atoms with E-state index in [1.807, 2.05) is 31.2 Å². The van der Waals surface area contributed by atoms with Crippen molar-refractivity contribution < 1.29 is 14.6 Å². The molecule has 2 aromatic rings. The first-order valence-corrected chi connectivity index (χ1v) is 6.40. The molecule has 0 amide bonds. The molecule has 0 saturated heterocycles. The number of nitrogens with one attached hydrogen (secondary N) is 1. The monoisotopic (exact) mass is 287 g/mol. The minimum absolute atomic E-state index is 0.0513. The van der Waals surface area contributed by atoms with Gasteiger partial charge in [-0.3, -0.25) is 0 Å². The van der Waals surface area contributed by atoms with Gasteiger partial charge in [-0.15, -0.1) is 0 Å². The Morgan fingerprint density at radius 1 is 1.38 bits per heavy atom. The zero-order valence-corrected chi connectivity index (χ0v) is 11.8. The van der Waals surface area contributed by atoms with Gasteiger partial charge in [-0.25, -0.2) is 9.78 Å². The Balaban J connectivity index is 2.22. The van der Waals surface area contributed by atoms with Crippen LogP contribution in [-0.4, -0.2) is 23.2 Å². The molecule has 0 spiro atoms. The van der Waals surface area contributed by atoms with Crippen LogP contribution in [0.3, 0.4) is 0 Å². The van der Waals surface area contributed by atoms with E-state index in [4.69, 9.17) is 10.5 Å². The number of carbonyl (C=O) groups is 1. The predicted molar refractivity (Wildman–Crippen MR) is 80.6 cm³/mol. The molecule has 1 aromatic carbocycles. The average Bonchev–Trinajstić information content (AvgIpc) is 2.49. The topological polar surface area (TPSA) is 97.5 Å². The maximum absolute atomic E-state index is 11.2. The lowest BCUT2D eigenvalue weighted by Gasteiger charge is -2.17. The van der Waals surface area contributed by atoms with Crippen LogP contribution in [0.15, 0.2) is 36.5 Å². The summed E-state index contributed by atoms with van der Waals surface area (Å²) in [6.07, 6.45) is 1.43. The van der Waals surface area contributed by atoms with E-state index in [1.54, 1.807) is 7.11 Å². The van der Waals surface area contributed by atoms with Gasteiger partial charge in [-0.2, -0.15) is 0 Å². The highest BCUT2D eigenvalue weighted by Crippen LogP contribution is 2.23. The molecule has 110 valence electrons. The Labute approximate surface area is 122 Å². The van der Waals surface area contributed by atoms with Gasteiger partial charge in [0.1, 0.15) is 17.1 Å². The van der Waals surface area contributed by atoms with Crippen molar-refractivity contribution >= 4 is 17.5 Å². The third kappa shape index (κ3) is 3.42. The van der Waals surface area contributed by atoms with E-state index in [0.29, 0.717) is 11.5 Å². The fourth-order valence-corrected chi connectivity index (χ4v) is 1.94. The molecule has 0 aliphatic carbocycles. The highest BCUT2D eigenvalue weighted by atomic mass is 16.5. The molecule has 0 bridgehead atoms. The van der Waals surface area contributed by atoms with Gasteiger partial charge in [0.2, 0.25) is 0 Å². The quantitative estimate of drug-likeness (QED) is 0.781. The molecule has 0 saturated carbocycles. The Kier molecular flexibility index (Phi) is 4.27. The Morgan fingerprint density at radius 3 is 2.62 bits per heavy atom. The number of aromatic nitrogens is 1. The number of aromatic carboxylic acids is 1. The summed E-state index contributed by atoms with van der Waals surface area (Å²) in [5.41, 5.74) is 6.93. The summed E-state index contributed by atoms with van der Waals surface area (Å²) in [7, 11) is 1.61. The third-order valence-electron chi connectivity index (χ3n) is 3.11. The highest BCUT2D eigenvalue weighted by molar-refractivity contribution is 5.94. The molecule has 1 heterocycles. The first-order valence-electron chi connectivity index (χ1n) is 6.40. The van der Waals surface area contributed by atoms with Crippen LogP contribution >= 0.6 is 0 Å². The van der Waals surface area contributed by atoms with E-state index < -0.39 is 5.97 Å². The minimum atomic E-state index is -1.07. The maximum atomic E-state index is 11.2. The van der Waals surface area contributed by atoms with Gasteiger partial charge in [-0.1, -0.05) is 12.1 Å². The van der Waals surface area contributed by atoms with Gasteiger partial charge in [0.05, 0.1) is 19.0 Å². The number of methoxy groups -OCH3 is 1. The van der Waals surface area contributed by atoms with Crippen molar-refractivity contribution in [1.29, 1.82) is 0 Å². The Bertz CT molecular complexity index is 641. The molecule has 2 rings (SSSR count). The summed E-state index contributed by atoms with van der Waals surface area (Å²) in [4.78, 5) is 15.3. The number of benzene rings is 1. The van der Waals surface area contributed by atoms with Crippen molar-refractivity contribution in [1.82, 2.24) is 4.98 Å². The summed E-state index contributed by atoms with van der Waals surface area (Å²) in [5.74, 6) is -0.0120. The van der Waals surface area contributed by atoms with Crippen molar-refractivity contribution in [3.8, 4) is 5.75 Å². The number of carboxylic acids is 1. The molecule has 21 heavy (non-hydrogen) atoms. The number of nitrogen functional groups attached to an aromatic ring is 1. The number of anilines is 2. The summed E-state index contributed by atoms with van der Waals surface area (Å²) in [6.45, 7) is 1.92. The molecule has 0 aliphatic rings. The van der Waals surface area contributed by atoms with E-state index in [0.717, 1.165) is 11.3 Å². The lowest BCUT2D eigenvalue weighted by atomic mass is 10.1. The number of pyridine rings is 1. The molecule has 0 radical (unpaired) electrons. The van der Waals surface area contributed by atoms with Crippen LogP contribution in [-0.2, 0) is 0 Å². The number of nitrogens with two attached hydrogens (primary N) is 1. The number of rotatable bonds is 5. The Hall–Kier alpha value is -2.76. The minimum Gasteiger partial charge on any atom is -0.497 e. The van der Waals surface area contributed by atoms with Crippen LogP contribution in [0, 0.1) is 0 Å². The second-order valence-corrected chi connectivity index (χ2v) is 4.61. The van der Waals surface area contributed by atoms with Gasteiger partial charge < -0.3 is 20.9 Å². The first kappa shape index (κ1) is 14.6. The molecule has 4 N–H and O–H groups in total. The summed E-state index contributed by atoms with van der Waals surface area (Å²) >= 11 is 0. The SMILES string of the molecule is COc1ccc(C(C)Nc2ncc(N)cc2C(=O)O)cc1. The van der Waals surface area contributed by atoms with Gasteiger partial charge in [0.25, 0.3) is 0 Å².